The van der Waals surface area contributed by atoms with Crippen LogP contribution in [0.1, 0.15) is 22.5 Å². The van der Waals surface area contributed by atoms with E-state index in [1.165, 1.54) is 11.1 Å². The SMILES string of the molecule is Cc1cc(CNNCc2ccnc(C)c2)ccn1. The molecule has 2 N–H and O–H groups in total. The van der Waals surface area contributed by atoms with Crippen LogP contribution in [0.5, 0.6) is 0 Å². The molecule has 0 bridgehead atoms. The second-order valence-corrected chi connectivity index (χ2v) is 4.32. The minimum absolute atomic E-state index is 0.785. The molecule has 0 saturated heterocycles. The van der Waals surface area contributed by atoms with Crippen molar-refractivity contribution in [3.63, 3.8) is 0 Å². The number of hydrogen-bond acceptors (Lipinski definition) is 4. The molecule has 4 heteroatoms. The molecular weight excluding hydrogens is 224 g/mol. The molecule has 2 rings (SSSR count). The summed E-state index contributed by atoms with van der Waals surface area (Å²) in [4.78, 5) is 8.34. The van der Waals surface area contributed by atoms with Gasteiger partial charge in [-0.2, -0.15) is 0 Å². The molecule has 0 aliphatic carbocycles. The van der Waals surface area contributed by atoms with Crippen LogP contribution in [0, 0.1) is 13.8 Å². The number of hydrogen-bond donors (Lipinski definition) is 2. The molecule has 0 saturated carbocycles. The van der Waals surface area contributed by atoms with Crippen LogP contribution in [0.2, 0.25) is 0 Å². The Balaban J connectivity index is 1.76. The summed E-state index contributed by atoms with van der Waals surface area (Å²) in [6.45, 7) is 5.56. The van der Waals surface area contributed by atoms with Gasteiger partial charge in [0.1, 0.15) is 0 Å². The first kappa shape index (κ1) is 12.7. The number of rotatable bonds is 5. The predicted molar refractivity (Wildman–Crippen MR) is 71.6 cm³/mol. The van der Waals surface area contributed by atoms with Crippen LogP contribution in [-0.4, -0.2) is 9.97 Å². The van der Waals surface area contributed by atoms with Crippen LogP contribution in [0.15, 0.2) is 36.7 Å². The standard InChI is InChI=1S/C14H18N4/c1-11-7-13(3-5-15-11)9-17-18-10-14-4-6-16-12(2)8-14/h3-8,17-18H,9-10H2,1-2H3. The van der Waals surface area contributed by atoms with E-state index in [9.17, 15) is 0 Å². The highest BCUT2D eigenvalue weighted by molar-refractivity contribution is 5.16. The summed E-state index contributed by atoms with van der Waals surface area (Å²) in [5, 5.41) is 0. The highest BCUT2D eigenvalue weighted by atomic mass is 15.3. The van der Waals surface area contributed by atoms with Crippen molar-refractivity contribution in [3.05, 3.63) is 59.2 Å². The van der Waals surface area contributed by atoms with Crippen molar-refractivity contribution in [2.24, 2.45) is 0 Å². The van der Waals surface area contributed by atoms with Gasteiger partial charge in [-0.3, -0.25) is 20.8 Å². The molecule has 0 radical (unpaired) electrons. The molecule has 0 amide bonds. The van der Waals surface area contributed by atoms with Gasteiger partial charge < -0.3 is 0 Å². The highest BCUT2D eigenvalue weighted by Gasteiger charge is 1.95. The quantitative estimate of drug-likeness (QED) is 0.621. The van der Waals surface area contributed by atoms with Gasteiger partial charge in [0.25, 0.3) is 0 Å². The summed E-state index contributed by atoms with van der Waals surface area (Å²) < 4.78 is 0. The van der Waals surface area contributed by atoms with E-state index in [1.54, 1.807) is 0 Å². The Bertz CT molecular complexity index is 463. The molecule has 0 aliphatic rings. The first-order valence-corrected chi connectivity index (χ1v) is 6.03. The smallest absolute Gasteiger partial charge is 0.0375 e. The molecule has 2 heterocycles. The molecule has 18 heavy (non-hydrogen) atoms. The molecule has 0 aliphatic heterocycles. The second kappa shape index (κ2) is 6.23. The van der Waals surface area contributed by atoms with E-state index in [0.29, 0.717) is 0 Å². The topological polar surface area (TPSA) is 49.8 Å². The van der Waals surface area contributed by atoms with Crippen molar-refractivity contribution in [2.75, 3.05) is 0 Å². The van der Waals surface area contributed by atoms with Gasteiger partial charge in [-0.05, 0) is 49.2 Å². The first-order chi connectivity index (χ1) is 8.74. The zero-order valence-electron chi connectivity index (χ0n) is 10.8. The van der Waals surface area contributed by atoms with Crippen molar-refractivity contribution in [1.29, 1.82) is 0 Å². The van der Waals surface area contributed by atoms with Gasteiger partial charge in [0.2, 0.25) is 0 Å². The molecule has 94 valence electrons. The summed E-state index contributed by atoms with van der Waals surface area (Å²) in [6, 6.07) is 8.17. The van der Waals surface area contributed by atoms with Gasteiger partial charge >= 0.3 is 0 Å². The minimum atomic E-state index is 0.785. The van der Waals surface area contributed by atoms with E-state index >= 15 is 0 Å². The largest absolute Gasteiger partial charge is 0.262 e. The maximum Gasteiger partial charge on any atom is 0.0375 e. The zero-order chi connectivity index (χ0) is 12.8. The average Bonchev–Trinajstić information content (AvgIpc) is 2.35. The van der Waals surface area contributed by atoms with Gasteiger partial charge in [0.05, 0.1) is 0 Å². The fraction of sp³-hybridized carbons (Fsp3) is 0.286. The van der Waals surface area contributed by atoms with E-state index in [0.717, 1.165) is 24.5 Å². The molecule has 0 unspecified atom stereocenters. The monoisotopic (exact) mass is 242 g/mol. The van der Waals surface area contributed by atoms with Crippen LogP contribution in [-0.2, 0) is 13.1 Å². The second-order valence-electron chi connectivity index (χ2n) is 4.32. The molecule has 4 nitrogen and oxygen atoms in total. The van der Waals surface area contributed by atoms with Crippen LogP contribution >= 0.6 is 0 Å². The van der Waals surface area contributed by atoms with Crippen molar-refractivity contribution < 1.29 is 0 Å². The summed E-state index contributed by atoms with van der Waals surface area (Å²) in [6.07, 6.45) is 3.66. The van der Waals surface area contributed by atoms with Crippen LogP contribution in [0.4, 0.5) is 0 Å². The number of aryl methyl sites for hydroxylation is 2. The highest BCUT2D eigenvalue weighted by Crippen LogP contribution is 2.01. The van der Waals surface area contributed by atoms with E-state index < -0.39 is 0 Å². The Hall–Kier alpha value is -1.78. The van der Waals surface area contributed by atoms with Crippen LogP contribution in [0.25, 0.3) is 0 Å². The van der Waals surface area contributed by atoms with Crippen LogP contribution in [0.3, 0.4) is 0 Å². The van der Waals surface area contributed by atoms with E-state index in [2.05, 4.69) is 33.0 Å². The van der Waals surface area contributed by atoms with Gasteiger partial charge in [-0.25, -0.2) is 0 Å². The lowest BCUT2D eigenvalue weighted by Gasteiger charge is -2.08. The molecule has 2 aromatic heterocycles. The third-order valence-electron chi connectivity index (χ3n) is 2.63. The maximum atomic E-state index is 4.17. The summed E-state index contributed by atoms with van der Waals surface area (Å²) in [5.41, 5.74) is 10.9. The number of nitrogens with one attached hydrogen (secondary N) is 2. The zero-order valence-corrected chi connectivity index (χ0v) is 10.8. The summed E-state index contributed by atoms with van der Waals surface area (Å²) >= 11 is 0. The fourth-order valence-corrected chi connectivity index (χ4v) is 1.76. The number of pyridine rings is 2. The third-order valence-corrected chi connectivity index (χ3v) is 2.63. The Morgan fingerprint density at radius 2 is 1.28 bits per heavy atom. The molecule has 0 aromatic carbocycles. The average molecular weight is 242 g/mol. The molecular formula is C14H18N4. The lowest BCUT2D eigenvalue weighted by Crippen LogP contribution is -2.30. The molecule has 0 fully saturated rings. The van der Waals surface area contributed by atoms with Gasteiger partial charge in [0, 0.05) is 36.9 Å². The first-order valence-electron chi connectivity index (χ1n) is 6.03. The Morgan fingerprint density at radius 3 is 1.67 bits per heavy atom. The van der Waals surface area contributed by atoms with E-state index in [1.807, 2.05) is 38.4 Å². The normalized spacial score (nSPS) is 10.6. The van der Waals surface area contributed by atoms with Crippen molar-refractivity contribution in [2.45, 2.75) is 26.9 Å². The lowest BCUT2D eigenvalue weighted by atomic mass is 10.2. The lowest BCUT2D eigenvalue weighted by molar-refractivity contribution is 0.529. The van der Waals surface area contributed by atoms with Crippen LogP contribution < -0.4 is 10.9 Å². The van der Waals surface area contributed by atoms with Gasteiger partial charge in [-0.15, -0.1) is 0 Å². The summed E-state index contributed by atoms with van der Waals surface area (Å²) in [7, 11) is 0. The Morgan fingerprint density at radius 1 is 0.833 bits per heavy atom. The minimum Gasteiger partial charge on any atom is -0.262 e. The third kappa shape index (κ3) is 3.91. The predicted octanol–water partition coefficient (Wildman–Crippen LogP) is 1.89. The molecule has 0 spiro atoms. The Kier molecular flexibility index (Phi) is 4.39. The van der Waals surface area contributed by atoms with Gasteiger partial charge in [-0.1, -0.05) is 0 Å². The molecule has 0 atom stereocenters. The summed E-state index contributed by atoms with van der Waals surface area (Å²) in [5.74, 6) is 0. The number of aromatic nitrogens is 2. The Labute approximate surface area is 107 Å². The molecule has 2 aromatic rings. The van der Waals surface area contributed by atoms with Crippen molar-refractivity contribution in [1.82, 2.24) is 20.8 Å². The van der Waals surface area contributed by atoms with E-state index in [4.69, 9.17) is 0 Å². The van der Waals surface area contributed by atoms with Gasteiger partial charge in [0.15, 0.2) is 0 Å². The van der Waals surface area contributed by atoms with Crippen molar-refractivity contribution in [3.8, 4) is 0 Å². The maximum absolute atomic E-state index is 4.17. The van der Waals surface area contributed by atoms with E-state index in [-0.39, 0.29) is 0 Å². The number of hydrazine groups is 1. The number of nitrogens with zero attached hydrogens (tertiary/aromatic N) is 2. The van der Waals surface area contributed by atoms with Crippen molar-refractivity contribution >= 4 is 0 Å². The fourth-order valence-electron chi connectivity index (χ4n) is 1.76.